The Morgan fingerprint density at radius 3 is 2.67 bits per heavy atom. The molecule has 0 aliphatic carbocycles. The van der Waals surface area contributed by atoms with Crippen molar-refractivity contribution in [3.8, 4) is 11.3 Å². The molecule has 1 amide bonds. The van der Waals surface area contributed by atoms with E-state index in [0.29, 0.717) is 23.2 Å². The molecule has 0 fully saturated rings. The number of fused-ring (bicyclic) bond motifs is 1. The molecule has 1 aliphatic heterocycles. The lowest BCUT2D eigenvalue weighted by Crippen LogP contribution is -2.16. The van der Waals surface area contributed by atoms with Gasteiger partial charge < -0.3 is 16.0 Å². The molecule has 0 bridgehead atoms. The summed E-state index contributed by atoms with van der Waals surface area (Å²) < 4.78 is 0. The smallest absolute Gasteiger partial charge is 0.229 e. The van der Waals surface area contributed by atoms with Gasteiger partial charge in [0.1, 0.15) is 5.02 Å². The number of rotatable bonds is 5. The fourth-order valence-electron chi connectivity index (χ4n) is 4.34. The lowest BCUT2D eigenvalue weighted by atomic mass is 9.80. The SMILES string of the molecule is Cc1cccc(-c2ccccc2Nc2nc(Nc3ccc4c(c3)C(C)(C)CCC(=O)N4)ncc2Cl)n1. The van der Waals surface area contributed by atoms with E-state index < -0.39 is 0 Å². The highest BCUT2D eigenvalue weighted by Gasteiger charge is 2.28. The van der Waals surface area contributed by atoms with Crippen molar-refractivity contribution in [3.63, 3.8) is 0 Å². The molecule has 0 spiro atoms. The summed E-state index contributed by atoms with van der Waals surface area (Å²) in [6, 6.07) is 19.7. The quantitative estimate of drug-likeness (QED) is 0.274. The molecule has 0 saturated heterocycles. The van der Waals surface area contributed by atoms with E-state index >= 15 is 0 Å². The predicted octanol–water partition coefficient (Wildman–Crippen LogP) is 7.00. The molecule has 0 saturated carbocycles. The molecule has 5 rings (SSSR count). The highest BCUT2D eigenvalue weighted by atomic mass is 35.5. The van der Waals surface area contributed by atoms with Gasteiger partial charge in [-0.05, 0) is 60.7 Å². The van der Waals surface area contributed by atoms with Gasteiger partial charge in [-0.25, -0.2) is 4.98 Å². The molecular weight excluding hydrogens is 472 g/mol. The summed E-state index contributed by atoms with van der Waals surface area (Å²) in [5.41, 5.74) is 6.19. The Labute approximate surface area is 215 Å². The number of carbonyl (C=O) groups excluding carboxylic acids is 1. The van der Waals surface area contributed by atoms with E-state index in [0.717, 1.165) is 46.0 Å². The maximum atomic E-state index is 12.1. The number of benzene rings is 2. The van der Waals surface area contributed by atoms with Crippen LogP contribution in [0.15, 0.2) is 66.9 Å². The number of amides is 1. The topological polar surface area (TPSA) is 91.8 Å². The van der Waals surface area contributed by atoms with Crippen molar-refractivity contribution in [1.82, 2.24) is 15.0 Å². The lowest BCUT2D eigenvalue weighted by Gasteiger charge is -2.25. The Bertz CT molecular complexity index is 1450. The number of hydrogen-bond donors (Lipinski definition) is 3. The Morgan fingerprint density at radius 2 is 1.83 bits per heavy atom. The summed E-state index contributed by atoms with van der Waals surface area (Å²) in [7, 11) is 0. The zero-order valence-corrected chi connectivity index (χ0v) is 21.1. The van der Waals surface area contributed by atoms with Gasteiger partial charge in [-0.3, -0.25) is 9.78 Å². The van der Waals surface area contributed by atoms with E-state index in [4.69, 9.17) is 11.6 Å². The van der Waals surface area contributed by atoms with E-state index in [1.807, 2.05) is 67.6 Å². The van der Waals surface area contributed by atoms with Gasteiger partial charge in [0, 0.05) is 34.7 Å². The highest BCUT2D eigenvalue weighted by molar-refractivity contribution is 6.33. The molecule has 4 aromatic rings. The first-order valence-electron chi connectivity index (χ1n) is 11.8. The third-order valence-corrected chi connectivity index (χ3v) is 6.62. The summed E-state index contributed by atoms with van der Waals surface area (Å²) >= 11 is 6.47. The monoisotopic (exact) mass is 498 g/mol. The van der Waals surface area contributed by atoms with Crippen molar-refractivity contribution >= 4 is 46.3 Å². The summed E-state index contributed by atoms with van der Waals surface area (Å²) in [4.78, 5) is 25.8. The van der Waals surface area contributed by atoms with Crippen molar-refractivity contribution in [2.45, 2.75) is 39.0 Å². The van der Waals surface area contributed by atoms with Crippen LogP contribution < -0.4 is 16.0 Å². The number of halogens is 1. The maximum absolute atomic E-state index is 12.1. The standard InChI is InChI=1S/C28H27ClN6O/c1-17-7-6-10-22(31-17)19-8-4-5-9-23(19)34-26-21(29)16-30-27(35-26)32-18-11-12-24-20(15-18)28(2,3)14-13-25(36)33-24/h4-12,15-16H,13-14H2,1-3H3,(H,33,36)(H2,30,32,34,35). The minimum absolute atomic E-state index is 0.0421. The van der Waals surface area contributed by atoms with Crippen LogP contribution in [0.25, 0.3) is 11.3 Å². The van der Waals surface area contributed by atoms with E-state index in [2.05, 4.69) is 44.7 Å². The Balaban J connectivity index is 1.43. The Morgan fingerprint density at radius 1 is 1.00 bits per heavy atom. The molecule has 2 aromatic carbocycles. The van der Waals surface area contributed by atoms with Gasteiger partial charge in [0.05, 0.1) is 11.9 Å². The number of para-hydroxylation sites is 1. The van der Waals surface area contributed by atoms with E-state index in [1.54, 1.807) is 6.20 Å². The molecule has 1 aliphatic rings. The van der Waals surface area contributed by atoms with Crippen molar-refractivity contribution in [2.75, 3.05) is 16.0 Å². The molecule has 3 heterocycles. The average Bonchev–Trinajstić information content (AvgIpc) is 2.97. The van der Waals surface area contributed by atoms with E-state index in [-0.39, 0.29) is 11.3 Å². The van der Waals surface area contributed by atoms with Crippen LogP contribution in [0.3, 0.4) is 0 Å². The first kappa shape index (κ1) is 23.8. The molecule has 0 unspecified atom stereocenters. The normalized spacial score (nSPS) is 14.4. The van der Waals surface area contributed by atoms with Crippen LogP contribution in [0, 0.1) is 6.92 Å². The number of aryl methyl sites for hydroxylation is 1. The van der Waals surface area contributed by atoms with Crippen LogP contribution >= 0.6 is 11.6 Å². The zero-order valence-electron chi connectivity index (χ0n) is 20.4. The van der Waals surface area contributed by atoms with E-state index in [1.165, 1.54) is 0 Å². The second kappa shape index (κ2) is 9.59. The van der Waals surface area contributed by atoms with Gasteiger partial charge in [0.25, 0.3) is 0 Å². The van der Waals surface area contributed by atoms with Crippen LogP contribution in [0.5, 0.6) is 0 Å². The Hall–Kier alpha value is -3.97. The molecular formula is C28H27ClN6O. The van der Waals surface area contributed by atoms with Crippen molar-refractivity contribution in [2.24, 2.45) is 0 Å². The van der Waals surface area contributed by atoms with Crippen molar-refractivity contribution in [1.29, 1.82) is 0 Å². The summed E-state index contributed by atoms with van der Waals surface area (Å²) in [5, 5.41) is 10.0. The minimum atomic E-state index is -0.146. The molecule has 3 N–H and O–H groups in total. The second-order valence-electron chi connectivity index (χ2n) is 9.54. The van der Waals surface area contributed by atoms with Crippen LogP contribution in [0.1, 0.15) is 37.9 Å². The number of carbonyl (C=O) groups is 1. The maximum Gasteiger partial charge on any atom is 0.229 e. The molecule has 36 heavy (non-hydrogen) atoms. The number of nitrogens with one attached hydrogen (secondary N) is 3. The molecule has 182 valence electrons. The predicted molar refractivity (Wildman–Crippen MR) is 145 cm³/mol. The largest absolute Gasteiger partial charge is 0.338 e. The third kappa shape index (κ3) is 5.02. The molecule has 0 radical (unpaired) electrons. The molecule has 8 heteroatoms. The number of nitrogens with zero attached hydrogens (tertiary/aromatic N) is 3. The summed E-state index contributed by atoms with van der Waals surface area (Å²) in [6.45, 7) is 6.27. The van der Waals surface area contributed by atoms with Crippen molar-refractivity contribution < 1.29 is 4.79 Å². The highest BCUT2D eigenvalue weighted by Crippen LogP contribution is 2.38. The number of pyridine rings is 1. The minimum Gasteiger partial charge on any atom is -0.338 e. The van der Waals surface area contributed by atoms with Gasteiger partial charge in [0.2, 0.25) is 11.9 Å². The summed E-state index contributed by atoms with van der Waals surface area (Å²) in [6.07, 6.45) is 2.84. The van der Waals surface area contributed by atoms with Crippen LogP contribution in [0.4, 0.5) is 28.8 Å². The summed E-state index contributed by atoms with van der Waals surface area (Å²) in [5.74, 6) is 0.931. The average molecular weight is 499 g/mol. The van der Waals surface area contributed by atoms with Crippen LogP contribution in [0.2, 0.25) is 5.02 Å². The van der Waals surface area contributed by atoms with Crippen molar-refractivity contribution in [3.05, 3.63) is 83.1 Å². The van der Waals surface area contributed by atoms with Gasteiger partial charge in [-0.1, -0.05) is 49.7 Å². The van der Waals surface area contributed by atoms with Gasteiger partial charge >= 0.3 is 0 Å². The fourth-order valence-corrected chi connectivity index (χ4v) is 4.48. The molecule has 2 aromatic heterocycles. The van der Waals surface area contributed by atoms with E-state index in [9.17, 15) is 4.79 Å². The number of anilines is 5. The van der Waals surface area contributed by atoms with Crippen LogP contribution in [-0.2, 0) is 10.2 Å². The number of hydrogen-bond acceptors (Lipinski definition) is 6. The first-order valence-corrected chi connectivity index (χ1v) is 12.2. The second-order valence-corrected chi connectivity index (χ2v) is 9.95. The van der Waals surface area contributed by atoms with Gasteiger partial charge in [-0.15, -0.1) is 0 Å². The third-order valence-electron chi connectivity index (χ3n) is 6.34. The van der Waals surface area contributed by atoms with Gasteiger partial charge in [-0.2, -0.15) is 4.98 Å². The molecule has 7 nitrogen and oxygen atoms in total. The fraction of sp³-hybridized carbons (Fsp3) is 0.214. The Kier molecular flexibility index (Phi) is 6.33. The van der Waals surface area contributed by atoms with Crippen LogP contribution in [-0.4, -0.2) is 20.9 Å². The lowest BCUT2D eigenvalue weighted by molar-refractivity contribution is -0.116. The first-order chi connectivity index (χ1) is 17.3. The number of aromatic nitrogens is 3. The molecule has 0 atom stereocenters. The zero-order chi connectivity index (χ0) is 25.3. The van der Waals surface area contributed by atoms with Gasteiger partial charge in [0.15, 0.2) is 5.82 Å².